The predicted octanol–water partition coefficient (Wildman–Crippen LogP) is 1.10. The summed E-state index contributed by atoms with van der Waals surface area (Å²) in [7, 11) is -0.274. The number of carboxylic acids is 2. The van der Waals surface area contributed by atoms with Crippen molar-refractivity contribution in [3.8, 4) is 0 Å². The van der Waals surface area contributed by atoms with Gasteiger partial charge in [0.25, 0.3) is 5.97 Å². The van der Waals surface area contributed by atoms with Gasteiger partial charge in [-0.3, -0.25) is 14.4 Å². The first kappa shape index (κ1) is 22.8. The lowest BCUT2D eigenvalue weighted by atomic mass is 9.91. The van der Waals surface area contributed by atoms with Crippen molar-refractivity contribution in [2.75, 3.05) is 23.0 Å². The summed E-state index contributed by atoms with van der Waals surface area (Å²) >= 11 is 2.74. The molecule has 136 valence electrons. The van der Waals surface area contributed by atoms with Crippen LogP contribution in [0.15, 0.2) is 0 Å². The molecule has 0 fully saturated rings. The summed E-state index contributed by atoms with van der Waals surface area (Å²) < 4.78 is 4.85. The Morgan fingerprint density at radius 2 is 1.38 bits per heavy atom. The van der Waals surface area contributed by atoms with E-state index in [-0.39, 0.29) is 26.0 Å². The molecule has 7 nitrogen and oxygen atoms in total. The number of rotatable bonds is 14. The van der Waals surface area contributed by atoms with Crippen molar-refractivity contribution >= 4 is 54.6 Å². The third kappa shape index (κ3) is 12.3. The highest BCUT2D eigenvalue weighted by atomic mass is 32.2. The van der Waals surface area contributed by atoms with Gasteiger partial charge in [0, 0.05) is 23.7 Å². The van der Waals surface area contributed by atoms with E-state index in [1.54, 1.807) is 13.8 Å². The predicted molar refractivity (Wildman–Crippen MR) is 95.7 cm³/mol. The standard InChI is InChI=1S/C14H23BO7S2/c1-9(13(18)19)7-23-5-3-11(16)15-22-12(17)4-6-24-8-10(2)14(20)21/h9-10,15H,3-8H2,1-2H3,(H,18,19)(H,20,21). The van der Waals surface area contributed by atoms with Gasteiger partial charge < -0.3 is 19.7 Å². The number of carbonyl (C=O) groups is 4. The van der Waals surface area contributed by atoms with Crippen molar-refractivity contribution in [1.82, 2.24) is 0 Å². The maximum Gasteiger partial charge on any atom is 0.416 e. The summed E-state index contributed by atoms with van der Waals surface area (Å²) in [5.41, 5.74) is -0.203. The van der Waals surface area contributed by atoms with Gasteiger partial charge in [-0.15, -0.1) is 0 Å². The van der Waals surface area contributed by atoms with E-state index in [0.29, 0.717) is 23.0 Å². The minimum atomic E-state index is -0.869. The van der Waals surface area contributed by atoms with E-state index in [9.17, 15) is 19.2 Å². The molecule has 0 aliphatic carbocycles. The highest BCUT2D eigenvalue weighted by molar-refractivity contribution is 7.99. The normalized spacial score (nSPS) is 12.9. The second-order valence-corrected chi connectivity index (χ2v) is 7.63. The summed E-state index contributed by atoms with van der Waals surface area (Å²) in [6, 6.07) is 0. The van der Waals surface area contributed by atoms with Gasteiger partial charge in [0.05, 0.1) is 18.3 Å². The molecule has 0 radical (unpaired) electrons. The Morgan fingerprint density at radius 3 is 1.83 bits per heavy atom. The third-order valence-electron chi connectivity index (χ3n) is 2.95. The molecule has 0 aromatic carbocycles. The molecule has 0 aromatic heterocycles. The Morgan fingerprint density at radius 1 is 0.917 bits per heavy atom. The average Bonchev–Trinajstić information content (AvgIpc) is 2.52. The molecule has 0 saturated heterocycles. The van der Waals surface area contributed by atoms with Crippen molar-refractivity contribution in [3.05, 3.63) is 0 Å². The smallest absolute Gasteiger partial charge is 0.416 e. The first-order valence-electron chi connectivity index (χ1n) is 7.52. The zero-order chi connectivity index (χ0) is 18.5. The molecular formula is C14H23BO7S2. The van der Waals surface area contributed by atoms with Crippen LogP contribution in [0.5, 0.6) is 0 Å². The number of aliphatic carboxylic acids is 2. The first-order chi connectivity index (χ1) is 11.2. The monoisotopic (exact) mass is 378 g/mol. The summed E-state index contributed by atoms with van der Waals surface area (Å²) in [5.74, 6) is -1.32. The molecule has 0 amide bonds. The molecule has 24 heavy (non-hydrogen) atoms. The van der Waals surface area contributed by atoms with Crippen LogP contribution in [0.4, 0.5) is 0 Å². The molecule has 0 aromatic rings. The Bertz CT molecular complexity index is 405. The summed E-state index contributed by atoms with van der Waals surface area (Å²) in [6.45, 7) is 3.20. The first-order valence-corrected chi connectivity index (χ1v) is 9.83. The van der Waals surface area contributed by atoms with Crippen molar-refractivity contribution in [3.63, 3.8) is 0 Å². The highest BCUT2D eigenvalue weighted by Gasteiger charge is 2.14. The second-order valence-electron chi connectivity index (χ2n) is 5.33. The molecule has 0 spiro atoms. The molecule has 0 rings (SSSR count). The Hall–Kier alpha value is -1.16. The van der Waals surface area contributed by atoms with Crippen LogP contribution in [0.1, 0.15) is 26.7 Å². The number of thioether (sulfide) groups is 2. The van der Waals surface area contributed by atoms with E-state index < -0.39 is 29.7 Å². The minimum absolute atomic E-state index is 0.134. The van der Waals surface area contributed by atoms with Crippen LogP contribution >= 0.6 is 23.5 Å². The maximum atomic E-state index is 11.5. The SMILES string of the molecule is CC(CSCCC(=O)BOC(=O)CCSCC(C)C(=O)O)C(=O)O. The summed E-state index contributed by atoms with van der Waals surface area (Å²) in [4.78, 5) is 44.2. The molecule has 2 N–H and O–H groups in total. The van der Waals surface area contributed by atoms with Gasteiger partial charge >= 0.3 is 19.4 Å². The van der Waals surface area contributed by atoms with Gasteiger partial charge in [0.15, 0.2) is 0 Å². The van der Waals surface area contributed by atoms with Crippen LogP contribution in [0.3, 0.4) is 0 Å². The molecule has 0 saturated carbocycles. The summed E-state index contributed by atoms with van der Waals surface area (Å²) in [5, 5.41) is 17.4. The lowest BCUT2D eigenvalue weighted by Crippen LogP contribution is -2.19. The van der Waals surface area contributed by atoms with Gasteiger partial charge in [0.2, 0.25) is 0 Å². The number of carboxylic acid groups (broad SMARTS) is 2. The lowest BCUT2D eigenvalue weighted by Gasteiger charge is -2.06. The average molecular weight is 378 g/mol. The highest BCUT2D eigenvalue weighted by Crippen LogP contribution is 2.11. The van der Waals surface area contributed by atoms with E-state index in [2.05, 4.69) is 0 Å². The van der Waals surface area contributed by atoms with E-state index in [4.69, 9.17) is 14.9 Å². The van der Waals surface area contributed by atoms with E-state index in [1.807, 2.05) is 0 Å². The van der Waals surface area contributed by atoms with Crippen LogP contribution in [0.2, 0.25) is 0 Å². The minimum Gasteiger partial charge on any atom is -0.531 e. The number of hydrogen-bond donors (Lipinski definition) is 2. The Kier molecular flexibility index (Phi) is 12.5. The number of carbonyl (C=O) groups excluding carboxylic acids is 2. The quantitative estimate of drug-likeness (QED) is 0.338. The van der Waals surface area contributed by atoms with Crippen molar-refractivity contribution < 1.29 is 34.0 Å². The molecule has 0 bridgehead atoms. The molecule has 0 aliphatic heterocycles. The van der Waals surface area contributed by atoms with Gasteiger partial charge in [0.1, 0.15) is 5.68 Å². The van der Waals surface area contributed by atoms with Gasteiger partial charge in [-0.1, -0.05) is 13.8 Å². The summed E-state index contributed by atoms with van der Waals surface area (Å²) in [6.07, 6.45) is 0.365. The van der Waals surface area contributed by atoms with Gasteiger partial charge in [-0.2, -0.15) is 23.5 Å². The molecule has 10 heteroatoms. The molecule has 0 heterocycles. The molecule has 0 aliphatic rings. The van der Waals surface area contributed by atoms with Crippen molar-refractivity contribution in [1.29, 1.82) is 0 Å². The topological polar surface area (TPSA) is 118 Å². The fraction of sp³-hybridized carbons (Fsp3) is 0.714. The third-order valence-corrected chi connectivity index (χ3v) is 5.41. The van der Waals surface area contributed by atoms with E-state index in [0.717, 1.165) is 0 Å². The maximum absolute atomic E-state index is 11.5. The zero-order valence-corrected chi connectivity index (χ0v) is 15.5. The Labute approximate surface area is 150 Å². The van der Waals surface area contributed by atoms with Crippen LogP contribution in [-0.2, 0) is 23.8 Å². The van der Waals surface area contributed by atoms with Gasteiger partial charge in [-0.05, 0) is 5.75 Å². The lowest BCUT2D eigenvalue weighted by molar-refractivity contribution is -0.141. The fourth-order valence-electron chi connectivity index (χ4n) is 1.31. The zero-order valence-electron chi connectivity index (χ0n) is 13.9. The van der Waals surface area contributed by atoms with Gasteiger partial charge in [-0.25, -0.2) is 0 Å². The van der Waals surface area contributed by atoms with E-state index >= 15 is 0 Å². The molecular weight excluding hydrogens is 355 g/mol. The van der Waals surface area contributed by atoms with Crippen LogP contribution in [0.25, 0.3) is 0 Å². The van der Waals surface area contributed by atoms with Crippen molar-refractivity contribution in [2.24, 2.45) is 11.8 Å². The van der Waals surface area contributed by atoms with Crippen LogP contribution in [0, 0.1) is 11.8 Å². The molecule has 2 unspecified atom stereocenters. The van der Waals surface area contributed by atoms with Crippen LogP contribution < -0.4 is 0 Å². The van der Waals surface area contributed by atoms with E-state index in [1.165, 1.54) is 23.5 Å². The largest absolute Gasteiger partial charge is 0.531 e. The van der Waals surface area contributed by atoms with Crippen LogP contribution in [-0.4, -0.2) is 64.3 Å². The fourth-order valence-corrected chi connectivity index (χ4v) is 3.32. The van der Waals surface area contributed by atoms with Crippen molar-refractivity contribution in [2.45, 2.75) is 26.7 Å². The molecule has 2 atom stereocenters. The Balaban J connectivity index is 3.63. The second kappa shape index (κ2) is 13.2. The number of hydrogen-bond acceptors (Lipinski definition) is 7.